The van der Waals surface area contributed by atoms with Gasteiger partial charge in [0.15, 0.2) is 0 Å². The van der Waals surface area contributed by atoms with E-state index in [4.69, 9.17) is 4.74 Å². The van der Waals surface area contributed by atoms with E-state index in [1.54, 1.807) is 4.90 Å². The number of ether oxygens (including phenoxy) is 1. The van der Waals surface area contributed by atoms with Gasteiger partial charge in [0.25, 0.3) is 0 Å². The maximum Gasteiger partial charge on any atom is 0.410 e. The van der Waals surface area contributed by atoms with Gasteiger partial charge in [-0.2, -0.15) is 0 Å². The van der Waals surface area contributed by atoms with Gasteiger partial charge in [-0.3, -0.25) is 4.79 Å². The lowest BCUT2D eigenvalue weighted by Crippen LogP contribution is -2.42. The Bertz CT molecular complexity index is 383. The van der Waals surface area contributed by atoms with Crippen LogP contribution in [0.15, 0.2) is 0 Å². The van der Waals surface area contributed by atoms with Crippen LogP contribution in [0.25, 0.3) is 0 Å². The number of carbonyl (C=O) groups is 2. The van der Waals surface area contributed by atoms with E-state index in [0.29, 0.717) is 25.4 Å². The third kappa shape index (κ3) is 8.79. The van der Waals surface area contributed by atoms with E-state index in [2.05, 4.69) is 10.2 Å². The van der Waals surface area contributed by atoms with E-state index in [1.807, 2.05) is 34.9 Å². The van der Waals surface area contributed by atoms with Crippen molar-refractivity contribution in [1.29, 1.82) is 0 Å². The lowest BCUT2D eigenvalue weighted by molar-refractivity contribution is -0.122. The Morgan fingerprint density at radius 2 is 1.83 bits per heavy atom. The van der Waals surface area contributed by atoms with Gasteiger partial charge in [-0.25, -0.2) is 4.79 Å². The summed E-state index contributed by atoms with van der Waals surface area (Å²) >= 11 is 0. The first kappa shape index (κ1) is 19.7. The van der Waals surface area contributed by atoms with Crippen molar-refractivity contribution < 1.29 is 14.3 Å². The molecule has 6 heteroatoms. The molecule has 1 aliphatic rings. The fraction of sp³-hybridized carbons (Fsp3) is 0.882. The second kappa shape index (κ2) is 9.11. The highest BCUT2D eigenvalue weighted by molar-refractivity contribution is 5.76. The first-order chi connectivity index (χ1) is 10.7. The molecule has 0 aliphatic carbocycles. The van der Waals surface area contributed by atoms with Gasteiger partial charge in [-0.05, 0) is 66.6 Å². The molecule has 1 N–H and O–H groups in total. The fourth-order valence-electron chi connectivity index (χ4n) is 2.60. The van der Waals surface area contributed by atoms with Crippen LogP contribution in [-0.2, 0) is 9.53 Å². The molecule has 23 heavy (non-hydrogen) atoms. The molecule has 1 saturated heterocycles. The molecule has 1 fully saturated rings. The molecule has 0 aromatic rings. The Hall–Kier alpha value is -1.30. The quantitative estimate of drug-likeness (QED) is 0.759. The van der Waals surface area contributed by atoms with Gasteiger partial charge in [0.1, 0.15) is 5.60 Å². The van der Waals surface area contributed by atoms with Crippen molar-refractivity contribution >= 4 is 12.0 Å². The van der Waals surface area contributed by atoms with Gasteiger partial charge in [0.2, 0.25) is 5.91 Å². The van der Waals surface area contributed by atoms with Crippen molar-refractivity contribution in [3.05, 3.63) is 0 Å². The molecule has 0 aromatic heterocycles. The van der Waals surface area contributed by atoms with Crippen molar-refractivity contribution in [2.45, 2.75) is 52.1 Å². The molecule has 0 bridgehead atoms. The van der Waals surface area contributed by atoms with Gasteiger partial charge in [-0.15, -0.1) is 0 Å². The summed E-state index contributed by atoms with van der Waals surface area (Å²) in [5.41, 5.74) is -0.458. The molecule has 134 valence electrons. The summed E-state index contributed by atoms with van der Waals surface area (Å²) in [5, 5.41) is 2.98. The van der Waals surface area contributed by atoms with Crippen LogP contribution in [0.3, 0.4) is 0 Å². The number of likely N-dealkylation sites (tertiary alicyclic amines) is 1. The van der Waals surface area contributed by atoms with Crippen molar-refractivity contribution in [2.75, 3.05) is 40.3 Å². The zero-order valence-corrected chi connectivity index (χ0v) is 15.4. The third-order valence-corrected chi connectivity index (χ3v) is 3.84. The number of rotatable bonds is 6. The monoisotopic (exact) mass is 327 g/mol. The summed E-state index contributed by atoms with van der Waals surface area (Å²) in [7, 11) is 4.06. The first-order valence-electron chi connectivity index (χ1n) is 8.57. The summed E-state index contributed by atoms with van der Waals surface area (Å²) in [4.78, 5) is 27.8. The van der Waals surface area contributed by atoms with Crippen molar-refractivity contribution in [1.82, 2.24) is 15.1 Å². The van der Waals surface area contributed by atoms with Crippen LogP contribution < -0.4 is 5.32 Å². The molecule has 0 unspecified atom stereocenters. The predicted octanol–water partition coefficient (Wildman–Crippen LogP) is 2.09. The predicted molar refractivity (Wildman–Crippen MR) is 91.3 cm³/mol. The average Bonchev–Trinajstić information content (AvgIpc) is 2.42. The number of hydrogen-bond acceptors (Lipinski definition) is 4. The maximum atomic E-state index is 12.0. The van der Waals surface area contributed by atoms with Gasteiger partial charge in [-0.1, -0.05) is 0 Å². The summed E-state index contributed by atoms with van der Waals surface area (Å²) < 4.78 is 5.38. The van der Waals surface area contributed by atoms with Crippen LogP contribution in [-0.4, -0.2) is 67.7 Å². The van der Waals surface area contributed by atoms with Gasteiger partial charge in [0, 0.05) is 26.1 Å². The van der Waals surface area contributed by atoms with E-state index in [1.165, 1.54) is 0 Å². The Balaban J connectivity index is 2.20. The van der Waals surface area contributed by atoms with E-state index in [9.17, 15) is 9.59 Å². The minimum Gasteiger partial charge on any atom is -0.444 e. The topological polar surface area (TPSA) is 61.9 Å². The normalized spacial score (nSPS) is 16.5. The number of amides is 2. The molecule has 0 saturated carbocycles. The van der Waals surface area contributed by atoms with E-state index in [-0.39, 0.29) is 12.0 Å². The summed E-state index contributed by atoms with van der Waals surface area (Å²) in [5.74, 6) is 0.488. The lowest BCUT2D eigenvalue weighted by atomic mass is 9.93. The maximum absolute atomic E-state index is 12.0. The Kier molecular flexibility index (Phi) is 7.82. The molecule has 1 rings (SSSR count). The summed E-state index contributed by atoms with van der Waals surface area (Å²) in [6.07, 6.45) is 3.01. The van der Waals surface area contributed by atoms with Gasteiger partial charge in [0.05, 0.1) is 0 Å². The minimum atomic E-state index is -0.458. The number of piperidine rings is 1. The zero-order valence-electron chi connectivity index (χ0n) is 15.4. The third-order valence-electron chi connectivity index (χ3n) is 3.84. The second-order valence-electron chi connectivity index (χ2n) is 7.62. The standard InChI is InChI=1S/C17H33N3O3/c1-17(2,3)23-16(22)20-11-7-14(8-12-20)13-15(21)18-9-6-10-19(4)5/h14H,6-13H2,1-5H3,(H,18,21). The van der Waals surface area contributed by atoms with Crippen LogP contribution >= 0.6 is 0 Å². The van der Waals surface area contributed by atoms with Crippen LogP contribution in [0.5, 0.6) is 0 Å². The Labute approximate surface area is 140 Å². The highest BCUT2D eigenvalue weighted by Crippen LogP contribution is 2.22. The Morgan fingerprint density at radius 3 is 2.35 bits per heavy atom. The summed E-state index contributed by atoms with van der Waals surface area (Å²) in [6, 6.07) is 0. The number of nitrogens with zero attached hydrogens (tertiary/aromatic N) is 2. The fourth-order valence-corrected chi connectivity index (χ4v) is 2.60. The van der Waals surface area contributed by atoms with Gasteiger partial charge < -0.3 is 19.9 Å². The highest BCUT2D eigenvalue weighted by atomic mass is 16.6. The van der Waals surface area contributed by atoms with Crippen LogP contribution in [0.1, 0.15) is 46.5 Å². The molecular formula is C17H33N3O3. The van der Waals surface area contributed by atoms with Gasteiger partial charge >= 0.3 is 6.09 Å². The molecular weight excluding hydrogens is 294 g/mol. The molecule has 0 radical (unpaired) electrons. The SMILES string of the molecule is CN(C)CCCNC(=O)CC1CCN(C(=O)OC(C)(C)C)CC1. The molecule has 1 heterocycles. The molecule has 0 spiro atoms. The highest BCUT2D eigenvalue weighted by Gasteiger charge is 2.27. The Morgan fingerprint density at radius 1 is 1.22 bits per heavy atom. The lowest BCUT2D eigenvalue weighted by Gasteiger charge is -2.33. The molecule has 2 amide bonds. The second-order valence-corrected chi connectivity index (χ2v) is 7.62. The largest absolute Gasteiger partial charge is 0.444 e. The number of carbonyl (C=O) groups excluding carboxylic acids is 2. The first-order valence-corrected chi connectivity index (χ1v) is 8.57. The molecule has 0 atom stereocenters. The van der Waals surface area contributed by atoms with E-state index < -0.39 is 5.60 Å². The van der Waals surface area contributed by atoms with Crippen molar-refractivity contribution in [2.24, 2.45) is 5.92 Å². The molecule has 1 aliphatic heterocycles. The molecule has 6 nitrogen and oxygen atoms in total. The van der Waals surface area contributed by atoms with Crippen molar-refractivity contribution in [3.8, 4) is 0 Å². The van der Waals surface area contributed by atoms with Crippen LogP contribution in [0.2, 0.25) is 0 Å². The van der Waals surface area contributed by atoms with E-state index in [0.717, 1.165) is 32.4 Å². The van der Waals surface area contributed by atoms with E-state index >= 15 is 0 Å². The van der Waals surface area contributed by atoms with Crippen molar-refractivity contribution in [3.63, 3.8) is 0 Å². The average molecular weight is 327 g/mol. The smallest absolute Gasteiger partial charge is 0.410 e. The van der Waals surface area contributed by atoms with Crippen LogP contribution in [0.4, 0.5) is 4.79 Å². The number of hydrogen-bond donors (Lipinski definition) is 1. The zero-order chi connectivity index (χ0) is 17.5. The number of nitrogens with one attached hydrogen (secondary N) is 1. The molecule has 0 aromatic carbocycles. The summed E-state index contributed by atoms with van der Waals surface area (Å²) in [6.45, 7) is 8.68. The van der Waals surface area contributed by atoms with Crippen LogP contribution in [0, 0.1) is 5.92 Å². The minimum absolute atomic E-state index is 0.125.